The average molecular weight is 407 g/mol. The van der Waals surface area contributed by atoms with E-state index in [1.165, 1.54) is 0 Å². The molecule has 0 aliphatic rings. The molecule has 1 amide bonds. The Morgan fingerprint density at radius 2 is 1.65 bits per heavy atom. The van der Waals surface area contributed by atoms with E-state index in [1.807, 2.05) is 91.2 Å². The number of benzene rings is 3. The third-order valence-corrected chi connectivity index (χ3v) is 5.53. The van der Waals surface area contributed by atoms with E-state index in [4.69, 9.17) is 5.73 Å². The number of nitrogens with one attached hydrogen (secondary N) is 1. The van der Waals surface area contributed by atoms with E-state index in [9.17, 15) is 4.79 Å². The molecule has 0 aliphatic carbocycles. The molecule has 6 heteroatoms. The van der Waals surface area contributed by atoms with Gasteiger partial charge in [-0.05, 0) is 55.3 Å². The summed E-state index contributed by atoms with van der Waals surface area (Å²) in [4.78, 5) is 21.9. The second kappa shape index (κ2) is 7.25. The third kappa shape index (κ3) is 3.18. The molecule has 5 aromatic rings. The van der Waals surface area contributed by atoms with Crippen molar-refractivity contribution in [1.82, 2.24) is 14.5 Å². The maximum absolute atomic E-state index is 13.0. The van der Waals surface area contributed by atoms with Crippen molar-refractivity contribution in [3.8, 4) is 5.69 Å². The van der Waals surface area contributed by atoms with E-state index in [0.29, 0.717) is 11.3 Å². The third-order valence-electron chi connectivity index (χ3n) is 5.53. The molecular formula is C25H21N5O. The van der Waals surface area contributed by atoms with E-state index in [0.717, 1.165) is 33.1 Å². The highest BCUT2D eigenvalue weighted by Crippen LogP contribution is 2.33. The van der Waals surface area contributed by atoms with Crippen LogP contribution >= 0.6 is 0 Å². The Morgan fingerprint density at radius 1 is 0.903 bits per heavy atom. The molecule has 2 heterocycles. The number of hydrogen-bond donors (Lipinski definition) is 2. The SMILES string of the molecule is Cc1ccc(NC(=O)c2nc(N)c3c4ccccc4n(-c4ccccc4)c3n2)cc1C. The monoisotopic (exact) mass is 407 g/mol. The number of anilines is 2. The summed E-state index contributed by atoms with van der Waals surface area (Å²) in [6.07, 6.45) is 0. The second-order valence-corrected chi connectivity index (χ2v) is 7.57. The van der Waals surface area contributed by atoms with E-state index >= 15 is 0 Å². The Morgan fingerprint density at radius 3 is 2.42 bits per heavy atom. The van der Waals surface area contributed by atoms with Crippen LogP contribution in [0.1, 0.15) is 21.7 Å². The van der Waals surface area contributed by atoms with Crippen LogP contribution in [0.25, 0.3) is 27.6 Å². The van der Waals surface area contributed by atoms with Crippen LogP contribution in [0.2, 0.25) is 0 Å². The fourth-order valence-corrected chi connectivity index (χ4v) is 3.83. The molecule has 3 aromatic carbocycles. The summed E-state index contributed by atoms with van der Waals surface area (Å²) < 4.78 is 2.01. The van der Waals surface area contributed by atoms with E-state index in [2.05, 4.69) is 15.3 Å². The lowest BCUT2D eigenvalue weighted by molar-refractivity contribution is 0.101. The fourth-order valence-electron chi connectivity index (χ4n) is 3.83. The molecule has 0 fully saturated rings. The van der Waals surface area contributed by atoms with E-state index < -0.39 is 5.91 Å². The fraction of sp³-hybridized carbons (Fsp3) is 0.0800. The average Bonchev–Trinajstić information content (AvgIpc) is 3.11. The Hall–Kier alpha value is -4.19. The van der Waals surface area contributed by atoms with Crippen LogP contribution in [0.5, 0.6) is 0 Å². The number of rotatable bonds is 3. The van der Waals surface area contributed by atoms with Gasteiger partial charge in [-0.2, -0.15) is 0 Å². The highest BCUT2D eigenvalue weighted by Gasteiger charge is 2.20. The van der Waals surface area contributed by atoms with Crippen LogP contribution in [-0.2, 0) is 0 Å². The van der Waals surface area contributed by atoms with Crippen molar-refractivity contribution in [2.24, 2.45) is 0 Å². The van der Waals surface area contributed by atoms with Crippen LogP contribution in [0.3, 0.4) is 0 Å². The predicted octanol–water partition coefficient (Wildman–Crippen LogP) is 5.03. The summed E-state index contributed by atoms with van der Waals surface area (Å²) in [5, 5.41) is 4.56. The number of para-hydroxylation sites is 2. The summed E-state index contributed by atoms with van der Waals surface area (Å²) in [5.74, 6) is -0.0916. The molecule has 3 N–H and O–H groups in total. The second-order valence-electron chi connectivity index (χ2n) is 7.57. The zero-order chi connectivity index (χ0) is 21.5. The maximum Gasteiger partial charge on any atom is 0.293 e. The van der Waals surface area contributed by atoms with Gasteiger partial charge in [-0.15, -0.1) is 0 Å². The van der Waals surface area contributed by atoms with Crippen molar-refractivity contribution < 1.29 is 4.79 Å². The number of aromatic nitrogens is 3. The molecule has 0 unspecified atom stereocenters. The first-order valence-electron chi connectivity index (χ1n) is 10.0. The van der Waals surface area contributed by atoms with Gasteiger partial charge in [-0.25, -0.2) is 9.97 Å². The van der Waals surface area contributed by atoms with Crippen molar-refractivity contribution in [3.63, 3.8) is 0 Å². The van der Waals surface area contributed by atoms with Gasteiger partial charge >= 0.3 is 0 Å². The number of nitrogen functional groups attached to an aromatic ring is 1. The summed E-state index contributed by atoms with van der Waals surface area (Å²) >= 11 is 0. The van der Waals surface area contributed by atoms with Crippen molar-refractivity contribution in [1.29, 1.82) is 0 Å². The van der Waals surface area contributed by atoms with Crippen LogP contribution in [0.4, 0.5) is 11.5 Å². The molecule has 0 saturated heterocycles. The number of nitrogens with zero attached hydrogens (tertiary/aromatic N) is 3. The molecule has 6 nitrogen and oxygen atoms in total. The number of nitrogens with two attached hydrogens (primary N) is 1. The number of hydrogen-bond acceptors (Lipinski definition) is 4. The Balaban J connectivity index is 1.68. The normalized spacial score (nSPS) is 11.2. The van der Waals surface area contributed by atoms with Crippen LogP contribution in [-0.4, -0.2) is 20.4 Å². The molecule has 0 saturated carbocycles. The number of amides is 1. The predicted molar refractivity (Wildman–Crippen MR) is 125 cm³/mol. The van der Waals surface area contributed by atoms with E-state index in [-0.39, 0.29) is 11.6 Å². The molecule has 0 radical (unpaired) electrons. The number of carbonyl (C=O) groups excluding carboxylic acids is 1. The smallest absolute Gasteiger partial charge is 0.293 e. The van der Waals surface area contributed by atoms with Gasteiger partial charge in [0.05, 0.1) is 10.9 Å². The van der Waals surface area contributed by atoms with Crippen LogP contribution in [0.15, 0.2) is 72.8 Å². The molecule has 0 aliphatic heterocycles. The lowest BCUT2D eigenvalue weighted by Crippen LogP contribution is -2.17. The van der Waals surface area contributed by atoms with Gasteiger partial charge in [0, 0.05) is 16.8 Å². The highest BCUT2D eigenvalue weighted by atomic mass is 16.2. The molecule has 5 rings (SSSR count). The van der Waals surface area contributed by atoms with Crippen molar-refractivity contribution in [3.05, 3.63) is 89.7 Å². The van der Waals surface area contributed by atoms with Crippen molar-refractivity contribution in [2.75, 3.05) is 11.1 Å². The minimum absolute atomic E-state index is 0.0308. The summed E-state index contributed by atoms with van der Waals surface area (Å²) in [6.45, 7) is 4.03. The summed E-state index contributed by atoms with van der Waals surface area (Å²) in [7, 11) is 0. The quantitative estimate of drug-likeness (QED) is 0.439. The minimum atomic E-state index is -0.401. The number of carbonyl (C=O) groups is 1. The Kier molecular flexibility index (Phi) is 4.40. The summed E-state index contributed by atoms with van der Waals surface area (Å²) in [5.41, 5.74) is 11.8. The standard InChI is InChI=1S/C25H21N5O/c1-15-12-13-17(14-16(15)2)27-25(31)23-28-22(26)21-19-10-6-7-11-20(19)30(24(21)29-23)18-8-4-3-5-9-18/h3-14H,1-2H3,(H,27,31)(H2,26,28,29). The van der Waals surface area contributed by atoms with Gasteiger partial charge in [0.2, 0.25) is 5.82 Å². The highest BCUT2D eigenvalue weighted by molar-refractivity contribution is 6.13. The molecule has 0 spiro atoms. The van der Waals surface area contributed by atoms with E-state index in [1.54, 1.807) is 0 Å². The van der Waals surface area contributed by atoms with Gasteiger partial charge in [0.25, 0.3) is 5.91 Å². The molecule has 2 aromatic heterocycles. The first-order valence-corrected chi connectivity index (χ1v) is 10.0. The van der Waals surface area contributed by atoms with Gasteiger partial charge in [-0.3, -0.25) is 9.36 Å². The van der Waals surface area contributed by atoms with Crippen LogP contribution in [0, 0.1) is 13.8 Å². The molecular weight excluding hydrogens is 386 g/mol. The first-order chi connectivity index (χ1) is 15.0. The van der Waals surface area contributed by atoms with Crippen molar-refractivity contribution >= 4 is 39.3 Å². The number of fused-ring (bicyclic) bond motifs is 3. The summed E-state index contributed by atoms with van der Waals surface area (Å²) in [6, 6.07) is 23.6. The molecule has 0 atom stereocenters. The molecule has 0 bridgehead atoms. The molecule has 152 valence electrons. The topological polar surface area (TPSA) is 85.8 Å². The largest absolute Gasteiger partial charge is 0.383 e. The Bertz CT molecular complexity index is 1450. The van der Waals surface area contributed by atoms with Gasteiger partial charge in [0.1, 0.15) is 5.82 Å². The Labute approximate surface area is 179 Å². The van der Waals surface area contributed by atoms with Gasteiger partial charge in [0.15, 0.2) is 5.65 Å². The zero-order valence-electron chi connectivity index (χ0n) is 17.3. The van der Waals surface area contributed by atoms with Gasteiger partial charge in [-0.1, -0.05) is 42.5 Å². The number of aryl methyl sites for hydroxylation is 2. The van der Waals surface area contributed by atoms with Crippen LogP contribution < -0.4 is 11.1 Å². The maximum atomic E-state index is 13.0. The zero-order valence-corrected chi connectivity index (χ0v) is 17.3. The van der Waals surface area contributed by atoms with Crippen molar-refractivity contribution in [2.45, 2.75) is 13.8 Å². The molecule has 31 heavy (non-hydrogen) atoms. The minimum Gasteiger partial charge on any atom is -0.383 e. The lowest BCUT2D eigenvalue weighted by atomic mass is 10.1. The van der Waals surface area contributed by atoms with Gasteiger partial charge < -0.3 is 11.1 Å². The first kappa shape index (κ1) is 18.8. The lowest BCUT2D eigenvalue weighted by Gasteiger charge is -2.09.